The van der Waals surface area contributed by atoms with E-state index in [0.29, 0.717) is 12.1 Å². The minimum absolute atomic E-state index is 0.0195. The third-order valence-electron chi connectivity index (χ3n) is 5.48. The fourth-order valence-corrected chi connectivity index (χ4v) is 4.53. The number of carbonyl (C=O) groups is 1. The first kappa shape index (κ1) is 21.2. The van der Waals surface area contributed by atoms with Crippen molar-refractivity contribution in [1.29, 1.82) is 0 Å². The van der Waals surface area contributed by atoms with E-state index in [1.807, 2.05) is 61.5 Å². The van der Waals surface area contributed by atoms with Crippen molar-refractivity contribution >= 4 is 32.6 Å². The largest absolute Gasteiger partial charge is 0.308 e. The minimum Gasteiger partial charge on any atom is -0.308 e. The molecule has 158 valence electrons. The SMILES string of the molecule is Cc1cc2nc(N(CCN(C)C)C(=O)c3ccc(-c4ccccc4)cc3)sc2cc1C. The number of carbonyl (C=O) groups excluding carboxylic acids is 1. The van der Waals surface area contributed by atoms with Crippen molar-refractivity contribution in [3.63, 3.8) is 0 Å². The van der Waals surface area contributed by atoms with Crippen LogP contribution in [0.4, 0.5) is 5.13 Å². The van der Waals surface area contributed by atoms with Crippen molar-refractivity contribution < 1.29 is 4.79 Å². The molecule has 0 N–H and O–H groups in total. The summed E-state index contributed by atoms with van der Waals surface area (Å²) in [6.07, 6.45) is 0. The Kier molecular flexibility index (Phi) is 6.16. The zero-order valence-corrected chi connectivity index (χ0v) is 19.2. The van der Waals surface area contributed by atoms with E-state index in [9.17, 15) is 4.79 Å². The Morgan fingerprint density at radius 3 is 2.19 bits per heavy atom. The van der Waals surface area contributed by atoms with Crippen LogP contribution in [0.3, 0.4) is 0 Å². The molecule has 4 nitrogen and oxygen atoms in total. The van der Waals surface area contributed by atoms with Crippen LogP contribution in [-0.4, -0.2) is 43.0 Å². The van der Waals surface area contributed by atoms with Gasteiger partial charge in [-0.05, 0) is 74.5 Å². The lowest BCUT2D eigenvalue weighted by atomic mass is 10.0. The molecule has 4 aromatic rings. The van der Waals surface area contributed by atoms with Gasteiger partial charge in [0.2, 0.25) is 0 Å². The van der Waals surface area contributed by atoms with Gasteiger partial charge in [-0.3, -0.25) is 9.69 Å². The summed E-state index contributed by atoms with van der Waals surface area (Å²) in [7, 11) is 4.03. The Morgan fingerprint density at radius 2 is 1.52 bits per heavy atom. The van der Waals surface area contributed by atoms with Gasteiger partial charge in [-0.15, -0.1) is 0 Å². The number of thiazole rings is 1. The zero-order chi connectivity index (χ0) is 22.0. The molecule has 0 aliphatic heterocycles. The smallest absolute Gasteiger partial charge is 0.260 e. The molecular weight excluding hydrogens is 402 g/mol. The summed E-state index contributed by atoms with van der Waals surface area (Å²) in [5.74, 6) is -0.0195. The van der Waals surface area contributed by atoms with E-state index in [0.717, 1.165) is 33.0 Å². The van der Waals surface area contributed by atoms with Crippen LogP contribution in [0.2, 0.25) is 0 Å². The van der Waals surface area contributed by atoms with E-state index in [1.165, 1.54) is 11.1 Å². The van der Waals surface area contributed by atoms with Crippen LogP contribution >= 0.6 is 11.3 Å². The standard InChI is InChI=1S/C26H27N3OS/c1-18-16-23-24(17-19(18)2)31-26(27-23)29(15-14-28(3)4)25(30)22-12-10-21(11-13-22)20-8-6-5-7-9-20/h5-13,16-17H,14-15H2,1-4H3. The highest BCUT2D eigenvalue weighted by Gasteiger charge is 2.21. The number of aromatic nitrogens is 1. The molecule has 3 aromatic carbocycles. The predicted molar refractivity (Wildman–Crippen MR) is 131 cm³/mol. The normalized spacial score (nSPS) is 11.3. The number of amides is 1. The maximum absolute atomic E-state index is 13.5. The number of aryl methyl sites for hydroxylation is 2. The van der Waals surface area contributed by atoms with Gasteiger partial charge >= 0.3 is 0 Å². The molecule has 0 unspecified atom stereocenters. The predicted octanol–water partition coefficient (Wildman–Crippen LogP) is 5.79. The highest BCUT2D eigenvalue weighted by Crippen LogP contribution is 2.32. The number of benzene rings is 3. The van der Waals surface area contributed by atoms with Crippen molar-refractivity contribution in [2.45, 2.75) is 13.8 Å². The molecule has 0 aliphatic rings. The summed E-state index contributed by atoms with van der Waals surface area (Å²) >= 11 is 1.58. The van der Waals surface area contributed by atoms with E-state index in [-0.39, 0.29) is 5.91 Å². The molecule has 1 aromatic heterocycles. The average molecular weight is 430 g/mol. The summed E-state index contributed by atoms with van der Waals surface area (Å²) in [4.78, 5) is 22.2. The second kappa shape index (κ2) is 9.00. The lowest BCUT2D eigenvalue weighted by Gasteiger charge is -2.22. The summed E-state index contributed by atoms with van der Waals surface area (Å²) in [5.41, 5.74) is 6.32. The van der Waals surface area contributed by atoms with E-state index in [1.54, 1.807) is 11.3 Å². The fourth-order valence-electron chi connectivity index (χ4n) is 3.46. The van der Waals surface area contributed by atoms with Gasteiger partial charge in [-0.1, -0.05) is 53.8 Å². The van der Waals surface area contributed by atoms with Gasteiger partial charge in [0.1, 0.15) is 0 Å². The average Bonchev–Trinajstić information content (AvgIpc) is 3.16. The Hall–Kier alpha value is -3.02. The molecule has 0 fully saturated rings. The van der Waals surface area contributed by atoms with Crippen molar-refractivity contribution in [2.24, 2.45) is 0 Å². The molecule has 5 heteroatoms. The summed E-state index contributed by atoms with van der Waals surface area (Å²) in [6.45, 7) is 5.56. The Morgan fingerprint density at radius 1 is 0.871 bits per heavy atom. The van der Waals surface area contributed by atoms with Crippen LogP contribution < -0.4 is 4.90 Å². The van der Waals surface area contributed by atoms with Crippen molar-refractivity contribution in [3.05, 3.63) is 83.4 Å². The Bertz CT molecular complexity index is 1160. The Labute approximate surface area is 187 Å². The van der Waals surface area contributed by atoms with E-state index < -0.39 is 0 Å². The number of fused-ring (bicyclic) bond motifs is 1. The van der Waals surface area contributed by atoms with E-state index >= 15 is 0 Å². The number of likely N-dealkylation sites (N-methyl/N-ethyl adjacent to an activating group) is 1. The molecule has 0 saturated heterocycles. The third-order valence-corrected chi connectivity index (χ3v) is 6.52. The van der Waals surface area contributed by atoms with E-state index in [4.69, 9.17) is 4.98 Å². The van der Waals surface area contributed by atoms with Gasteiger partial charge in [0, 0.05) is 18.7 Å². The topological polar surface area (TPSA) is 36.4 Å². The second-order valence-electron chi connectivity index (χ2n) is 8.10. The molecule has 0 bridgehead atoms. The highest BCUT2D eigenvalue weighted by atomic mass is 32.1. The quantitative estimate of drug-likeness (QED) is 0.389. The van der Waals surface area contributed by atoms with Gasteiger partial charge in [0.25, 0.3) is 5.91 Å². The van der Waals surface area contributed by atoms with Crippen LogP contribution in [-0.2, 0) is 0 Å². The molecule has 31 heavy (non-hydrogen) atoms. The van der Waals surface area contributed by atoms with Crippen LogP contribution in [0.25, 0.3) is 21.3 Å². The van der Waals surface area contributed by atoms with Gasteiger partial charge < -0.3 is 4.90 Å². The lowest BCUT2D eigenvalue weighted by Crippen LogP contribution is -2.36. The first-order valence-corrected chi connectivity index (χ1v) is 11.2. The van der Waals surface area contributed by atoms with Gasteiger partial charge in [0.15, 0.2) is 5.13 Å². The first-order chi connectivity index (χ1) is 14.9. The number of nitrogens with zero attached hydrogens (tertiary/aromatic N) is 3. The number of hydrogen-bond donors (Lipinski definition) is 0. The van der Waals surface area contributed by atoms with Crippen LogP contribution in [0.5, 0.6) is 0 Å². The van der Waals surface area contributed by atoms with Crippen molar-refractivity contribution in [3.8, 4) is 11.1 Å². The van der Waals surface area contributed by atoms with Gasteiger partial charge in [-0.25, -0.2) is 4.98 Å². The number of anilines is 1. The van der Waals surface area contributed by atoms with Crippen LogP contribution in [0, 0.1) is 13.8 Å². The number of rotatable bonds is 6. The molecule has 1 heterocycles. The van der Waals surface area contributed by atoms with Gasteiger partial charge in [-0.2, -0.15) is 0 Å². The molecule has 0 saturated carbocycles. The van der Waals surface area contributed by atoms with E-state index in [2.05, 4.69) is 43.0 Å². The maximum Gasteiger partial charge on any atom is 0.260 e. The van der Waals surface area contributed by atoms with Crippen molar-refractivity contribution in [1.82, 2.24) is 9.88 Å². The fraction of sp³-hybridized carbons (Fsp3) is 0.231. The second-order valence-corrected chi connectivity index (χ2v) is 9.11. The third kappa shape index (κ3) is 4.68. The maximum atomic E-state index is 13.5. The molecule has 0 radical (unpaired) electrons. The first-order valence-electron chi connectivity index (χ1n) is 10.4. The zero-order valence-electron chi connectivity index (χ0n) is 18.4. The minimum atomic E-state index is -0.0195. The summed E-state index contributed by atoms with van der Waals surface area (Å²) in [6, 6.07) is 22.3. The molecular formula is C26H27N3OS. The van der Waals surface area contributed by atoms with Gasteiger partial charge in [0.05, 0.1) is 10.2 Å². The highest BCUT2D eigenvalue weighted by molar-refractivity contribution is 7.22. The summed E-state index contributed by atoms with van der Waals surface area (Å²) in [5, 5.41) is 0.749. The molecule has 0 spiro atoms. The molecule has 0 aliphatic carbocycles. The molecule has 1 amide bonds. The van der Waals surface area contributed by atoms with Crippen LogP contribution in [0.1, 0.15) is 21.5 Å². The molecule has 4 rings (SSSR count). The van der Waals surface area contributed by atoms with Crippen molar-refractivity contribution in [2.75, 3.05) is 32.1 Å². The lowest BCUT2D eigenvalue weighted by molar-refractivity contribution is 0.0985. The monoisotopic (exact) mass is 429 g/mol. The number of hydrogen-bond acceptors (Lipinski definition) is 4. The summed E-state index contributed by atoms with van der Waals surface area (Å²) < 4.78 is 1.11. The van der Waals surface area contributed by atoms with Crippen LogP contribution in [0.15, 0.2) is 66.7 Å². The molecule has 0 atom stereocenters. The Balaban J connectivity index is 1.66.